The highest BCUT2D eigenvalue weighted by Crippen LogP contribution is 2.41. The first-order valence-corrected chi connectivity index (χ1v) is 18.3. The van der Waals surface area contributed by atoms with Gasteiger partial charge in [-0.2, -0.15) is 0 Å². The van der Waals surface area contributed by atoms with Crippen molar-refractivity contribution in [1.29, 1.82) is 0 Å². The molecule has 0 aliphatic heterocycles. The van der Waals surface area contributed by atoms with Gasteiger partial charge in [-0.3, -0.25) is 14.4 Å². The molecule has 50 heavy (non-hydrogen) atoms. The van der Waals surface area contributed by atoms with Crippen LogP contribution >= 0.6 is 23.1 Å². The summed E-state index contributed by atoms with van der Waals surface area (Å²) in [6.45, 7) is 6.16. The zero-order valence-corrected chi connectivity index (χ0v) is 30.2. The Kier molecular flexibility index (Phi) is 12.5. The number of thiophene rings is 1. The molecule has 2 atom stereocenters. The SMILES string of the molecule is CCOC(=O)c1c(NC(=O)C(CC)Sc2cccc(NC(=O)/C(=C/c3cccc(OC)c3)NC(=O)c3ccccc3)c2)sc2c1CCC(C)C2. The lowest BCUT2D eigenvalue weighted by atomic mass is 9.88. The fraction of sp³-hybridized carbons (Fsp3) is 0.282. The normalized spacial score (nSPS) is 14.6. The lowest BCUT2D eigenvalue weighted by Gasteiger charge is -2.18. The van der Waals surface area contributed by atoms with Crippen molar-refractivity contribution in [3.63, 3.8) is 0 Å². The summed E-state index contributed by atoms with van der Waals surface area (Å²) < 4.78 is 10.7. The molecule has 5 rings (SSSR count). The van der Waals surface area contributed by atoms with E-state index in [9.17, 15) is 19.2 Å². The first-order chi connectivity index (χ1) is 24.2. The van der Waals surface area contributed by atoms with Crippen LogP contribution in [-0.4, -0.2) is 42.7 Å². The van der Waals surface area contributed by atoms with Crippen LogP contribution < -0.4 is 20.7 Å². The van der Waals surface area contributed by atoms with E-state index in [0.29, 0.717) is 45.5 Å². The zero-order chi connectivity index (χ0) is 35.6. The second kappa shape index (κ2) is 17.2. The molecule has 4 aromatic rings. The Balaban J connectivity index is 1.32. The molecular weight excluding hydrogens is 671 g/mol. The topological polar surface area (TPSA) is 123 Å². The number of amides is 3. The number of ether oxygens (including phenoxy) is 2. The second-order valence-electron chi connectivity index (χ2n) is 11.9. The minimum Gasteiger partial charge on any atom is -0.497 e. The number of thioether (sulfide) groups is 1. The van der Waals surface area contributed by atoms with E-state index in [1.54, 1.807) is 86.8 Å². The molecule has 1 heterocycles. The number of hydrogen-bond donors (Lipinski definition) is 3. The first kappa shape index (κ1) is 36.4. The predicted octanol–water partition coefficient (Wildman–Crippen LogP) is 7.98. The Labute approximate surface area is 300 Å². The van der Waals surface area contributed by atoms with Gasteiger partial charge >= 0.3 is 5.97 Å². The van der Waals surface area contributed by atoms with Crippen molar-refractivity contribution in [3.8, 4) is 5.75 Å². The lowest BCUT2D eigenvalue weighted by molar-refractivity contribution is -0.116. The van der Waals surface area contributed by atoms with E-state index in [0.717, 1.165) is 34.6 Å². The number of rotatable bonds is 13. The van der Waals surface area contributed by atoms with E-state index in [4.69, 9.17) is 9.47 Å². The Hall–Kier alpha value is -4.87. The van der Waals surface area contributed by atoms with Gasteiger partial charge in [-0.1, -0.05) is 50.2 Å². The number of benzene rings is 3. The summed E-state index contributed by atoms with van der Waals surface area (Å²) >= 11 is 2.83. The maximum atomic E-state index is 13.6. The van der Waals surface area contributed by atoms with E-state index in [1.165, 1.54) is 23.1 Å². The number of carbonyl (C=O) groups is 4. The molecule has 1 aromatic heterocycles. The van der Waals surface area contributed by atoms with Crippen molar-refractivity contribution in [2.75, 3.05) is 24.4 Å². The fourth-order valence-corrected chi connectivity index (χ4v) is 8.04. The number of fused-ring (bicyclic) bond motifs is 1. The highest BCUT2D eigenvalue weighted by molar-refractivity contribution is 8.00. The van der Waals surface area contributed by atoms with Crippen LogP contribution in [0.4, 0.5) is 10.7 Å². The fourth-order valence-electron chi connectivity index (χ4n) is 5.62. The third-order valence-electron chi connectivity index (χ3n) is 8.20. The molecule has 1 aliphatic rings. The molecule has 0 saturated heterocycles. The molecule has 1 aliphatic carbocycles. The Morgan fingerprint density at radius 2 is 1.76 bits per heavy atom. The Morgan fingerprint density at radius 3 is 2.50 bits per heavy atom. The van der Waals surface area contributed by atoms with Crippen LogP contribution in [0.25, 0.3) is 6.08 Å². The molecule has 3 aromatic carbocycles. The molecule has 0 fully saturated rings. The van der Waals surface area contributed by atoms with Gasteiger partial charge < -0.3 is 25.4 Å². The number of anilines is 2. The highest BCUT2D eigenvalue weighted by atomic mass is 32.2. The van der Waals surface area contributed by atoms with Gasteiger partial charge in [0.2, 0.25) is 5.91 Å². The molecular formula is C39H41N3O6S2. The zero-order valence-electron chi connectivity index (χ0n) is 28.5. The molecule has 2 unspecified atom stereocenters. The molecule has 260 valence electrons. The minimum absolute atomic E-state index is 0.0430. The summed E-state index contributed by atoms with van der Waals surface area (Å²) in [5.74, 6) is -0.442. The molecule has 0 bridgehead atoms. The Bertz CT molecular complexity index is 1890. The van der Waals surface area contributed by atoms with Crippen LogP contribution in [0.1, 0.15) is 70.3 Å². The standard InChI is InChI=1S/C39H41N3O6S2/c1-5-32(37(45)42-38-34(39(46)48-6-2)30-19-18-24(3)20-33(30)50-38)49-29-17-11-15-27(23-29)40-36(44)31(22-25-12-10-16-28(21-25)47-4)41-35(43)26-13-8-7-9-14-26/h7-17,21-24,32H,5-6,18-20H2,1-4H3,(H,40,44)(H,41,43)(H,42,45)/b31-22-. The lowest BCUT2D eigenvalue weighted by Crippen LogP contribution is -2.30. The van der Waals surface area contributed by atoms with Crippen molar-refractivity contribution in [1.82, 2.24) is 5.32 Å². The van der Waals surface area contributed by atoms with Crippen LogP contribution in [0.15, 0.2) is 89.5 Å². The van der Waals surface area contributed by atoms with Crippen LogP contribution in [0, 0.1) is 5.92 Å². The smallest absolute Gasteiger partial charge is 0.341 e. The number of hydrogen-bond acceptors (Lipinski definition) is 8. The average molecular weight is 712 g/mol. The maximum Gasteiger partial charge on any atom is 0.341 e. The first-order valence-electron chi connectivity index (χ1n) is 16.6. The van der Waals surface area contributed by atoms with Gasteiger partial charge in [-0.25, -0.2) is 4.79 Å². The number of carbonyl (C=O) groups excluding carboxylic acids is 4. The summed E-state index contributed by atoms with van der Waals surface area (Å²) in [4.78, 5) is 55.2. The second-order valence-corrected chi connectivity index (χ2v) is 14.3. The molecule has 0 saturated carbocycles. The van der Waals surface area contributed by atoms with Crippen molar-refractivity contribution >= 4 is 63.6 Å². The van der Waals surface area contributed by atoms with Crippen LogP contribution in [0.2, 0.25) is 0 Å². The van der Waals surface area contributed by atoms with Gasteiger partial charge in [0.15, 0.2) is 0 Å². The molecule has 0 radical (unpaired) electrons. The molecule has 11 heteroatoms. The molecule has 9 nitrogen and oxygen atoms in total. The summed E-state index contributed by atoms with van der Waals surface area (Å²) in [7, 11) is 1.56. The van der Waals surface area contributed by atoms with Crippen molar-refractivity contribution in [2.24, 2.45) is 5.92 Å². The molecule has 0 spiro atoms. The van der Waals surface area contributed by atoms with Crippen LogP contribution in [0.3, 0.4) is 0 Å². The van der Waals surface area contributed by atoms with Gasteiger partial charge in [0.1, 0.15) is 16.4 Å². The third-order valence-corrected chi connectivity index (χ3v) is 10.7. The van der Waals surface area contributed by atoms with Crippen molar-refractivity contribution in [2.45, 2.75) is 56.6 Å². The van der Waals surface area contributed by atoms with Gasteiger partial charge in [-0.05, 0) is 98.2 Å². The van der Waals surface area contributed by atoms with Gasteiger partial charge in [0, 0.05) is 21.0 Å². The number of esters is 1. The maximum absolute atomic E-state index is 13.6. The predicted molar refractivity (Wildman–Crippen MR) is 200 cm³/mol. The van der Waals surface area contributed by atoms with Crippen LogP contribution in [-0.2, 0) is 27.2 Å². The Morgan fingerprint density at radius 1 is 0.980 bits per heavy atom. The highest BCUT2D eigenvalue weighted by Gasteiger charge is 2.30. The largest absolute Gasteiger partial charge is 0.497 e. The van der Waals surface area contributed by atoms with Crippen molar-refractivity contribution < 1.29 is 28.7 Å². The summed E-state index contributed by atoms with van der Waals surface area (Å²) in [5, 5.41) is 8.77. The summed E-state index contributed by atoms with van der Waals surface area (Å²) in [5.41, 5.74) is 3.08. The van der Waals surface area contributed by atoms with Crippen molar-refractivity contribution in [3.05, 3.63) is 112 Å². The number of nitrogens with one attached hydrogen (secondary N) is 3. The van der Waals surface area contributed by atoms with Gasteiger partial charge in [0.05, 0.1) is 24.5 Å². The molecule has 3 N–H and O–H groups in total. The third kappa shape index (κ3) is 9.22. The van der Waals surface area contributed by atoms with E-state index in [-0.39, 0.29) is 18.2 Å². The van der Waals surface area contributed by atoms with Gasteiger partial charge in [0.25, 0.3) is 11.8 Å². The number of methoxy groups -OCH3 is 1. The molecule has 3 amide bonds. The monoisotopic (exact) mass is 711 g/mol. The van der Waals surface area contributed by atoms with E-state index in [1.807, 2.05) is 19.1 Å². The summed E-state index contributed by atoms with van der Waals surface area (Å²) in [6, 6.07) is 23.0. The minimum atomic E-state index is -0.522. The van der Waals surface area contributed by atoms with E-state index >= 15 is 0 Å². The average Bonchev–Trinajstić information content (AvgIpc) is 3.47. The van der Waals surface area contributed by atoms with E-state index in [2.05, 4.69) is 22.9 Å². The van der Waals surface area contributed by atoms with E-state index < -0.39 is 23.0 Å². The van der Waals surface area contributed by atoms with Gasteiger partial charge in [-0.15, -0.1) is 23.1 Å². The summed E-state index contributed by atoms with van der Waals surface area (Å²) in [6.07, 6.45) is 4.76. The van der Waals surface area contributed by atoms with Crippen LogP contribution in [0.5, 0.6) is 5.75 Å². The quantitative estimate of drug-likeness (QED) is 0.0730.